The van der Waals surface area contributed by atoms with Crippen LogP contribution < -0.4 is 5.73 Å². The molecule has 5 nitrogen and oxygen atoms in total. The Morgan fingerprint density at radius 1 is 1.33 bits per heavy atom. The van der Waals surface area contributed by atoms with Gasteiger partial charge in [-0.25, -0.2) is 0 Å². The molecule has 5 heteroatoms. The van der Waals surface area contributed by atoms with Gasteiger partial charge in [0, 0.05) is 31.7 Å². The van der Waals surface area contributed by atoms with Crippen molar-refractivity contribution in [3.63, 3.8) is 0 Å². The Morgan fingerprint density at radius 3 is 2.79 bits per heavy atom. The number of nitrogens with two attached hydrogens (primary N) is 1. The second-order valence-corrected chi connectivity index (χ2v) is 6.54. The predicted molar refractivity (Wildman–Crippen MR) is 93.1 cm³/mol. The fraction of sp³-hybridized carbons (Fsp3) is 0.421. The third-order valence-electron chi connectivity index (χ3n) is 5.12. The van der Waals surface area contributed by atoms with Crippen molar-refractivity contribution in [2.24, 2.45) is 5.73 Å². The van der Waals surface area contributed by atoms with E-state index in [0.29, 0.717) is 0 Å². The number of hydrogen-bond donors (Lipinski definition) is 1. The monoisotopic (exact) mass is 324 g/mol. The largest absolute Gasteiger partial charge is 0.368 e. The molecule has 1 fully saturated rings. The summed E-state index contributed by atoms with van der Waals surface area (Å²) in [7, 11) is 0. The second kappa shape index (κ2) is 7.09. The average molecular weight is 324 g/mol. The fourth-order valence-corrected chi connectivity index (χ4v) is 3.47. The van der Waals surface area contributed by atoms with Crippen LogP contribution in [0.5, 0.6) is 0 Å². The third-order valence-corrected chi connectivity index (χ3v) is 5.12. The third kappa shape index (κ3) is 3.31. The summed E-state index contributed by atoms with van der Waals surface area (Å²) < 4.78 is 0. The SMILES string of the molecule is Cc1ccccc1CN1CC[C@]1(CCCc1cnccn1)C(N)=O. The molecule has 126 valence electrons. The van der Waals surface area contributed by atoms with Crippen LogP contribution in [0.25, 0.3) is 0 Å². The number of primary amides is 1. The molecule has 1 aromatic carbocycles. The zero-order valence-electron chi connectivity index (χ0n) is 14.1. The van der Waals surface area contributed by atoms with Gasteiger partial charge in [0.2, 0.25) is 5.91 Å². The van der Waals surface area contributed by atoms with Crippen molar-refractivity contribution in [3.8, 4) is 0 Å². The van der Waals surface area contributed by atoms with Crippen LogP contribution in [-0.2, 0) is 17.8 Å². The van der Waals surface area contributed by atoms with Gasteiger partial charge in [-0.15, -0.1) is 0 Å². The van der Waals surface area contributed by atoms with E-state index in [-0.39, 0.29) is 5.91 Å². The van der Waals surface area contributed by atoms with E-state index in [1.54, 1.807) is 18.6 Å². The minimum absolute atomic E-state index is 0.207. The van der Waals surface area contributed by atoms with Crippen LogP contribution >= 0.6 is 0 Å². The quantitative estimate of drug-likeness (QED) is 0.848. The summed E-state index contributed by atoms with van der Waals surface area (Å²) in [6.07, 6.45) is 8.46. The molecule has 2 N–H and O–H groups in total. The van der Waals surface area contributed by atoms with Gasteiger partial charge in [-0.1, -0.05) is 24.3 Å². The Morgan fingerprint density at radius 2 is 2.17 bits per heavy atom. The van der Waals surface area contributed by atoms with Crippen molar-refractivity contribution < 1.29 is 4.79 Å². The number of carbonyl (C=O) groups is 1. The maximum atomic E-state index is 12.2. The van der Waals surface area contributed by atoms with Gasteiger partial charge in [0.1, 0.15) is 5.54 Å². The lowest BCUT2D eigenvalue weighted by atomic mass is 9.78. The maximum Gasteiger partial charge on any atom is 0.238 e. The Hall–Kier alpha value is -2.27. The van der Waals surface area contributed by atoms with Gasteiger partial charge in [-0.3, -0.25) is 19.7 Å². The molecule has 3 rings (SSSR count). The molecule has 1 atom stereocenters. The molecule has 2 aromatic rings. The summed E-state index contributed by atoms with van der Waals surface area (Å²) in [4.78, 5) is 22.8. The molecule has 1 aromatic heterocycles. The standard InChI is InChI=1S/C19H24N4O/c1-15-5-2-3-6-16(15)14-23-12-9-19(23,18(20)24)8-4-7-17-13-21-10-11-22-17/h2-3,5-6,10-11,13H,4,7-9,12,14H2,1H3,(H2,20,24)/t19-/m1/s1. The van der Waals surface area contributed by atoms with Crippen molar-refractivity contribution in [1.82, 2.24) is 14.9 Å². The number of aryl methyl sites for hydroxylation is 2. The summed E-state index contributed by atoms with van der Waals surface area (Å²) in [6, 6.07) is 8.31. The van der Waals surface area contributed by atoms with E-state index in [0.717, 1.165) is 44.5 Å². The van der Waals surface area contributed by atoms with E-state index >= 15 is 0 Å². The first-order valence-electron chi connectivity index (χ1n) is 8.46. The van der Waals surface area contributed by atoms with Crippen LogP contribution in [0.3, 0.4) is 0 Å². The van der Waals surface area contributed by atoms with Crippen molar-refractivity contribution >= 4 is 5.91 Å². The highest BCUT2D eigenvalue weighted by molar-refractivity contribution is 5.85. The Labute approximate surface area is 142 Å². The molecule has 24 heavy (non-hydrogen) atoms. The molecule has 0 radical (unpaired) electrons. The normalized spacial score (nSPS) is 20.5. The van der Waals surface area contributed by atoms with Gasteiger partial charge >= 0.3 is 0 Å². The molecule has 1 amide bonds. The second-order valence-electron chi connectivity index (χ2n) is 6.54. The lowest BCUT2D eigenvalue weighted by molar-refractivity contribution is -0.141. The number of aromatic nitrogens is 2. The topological polar surface area (TPSA) is 72.1 Å². The van der Waals surface area contributed by atoms with E-state index in [1.807, 2.05) is 12.1 Å². The Bertz CT molecular complexity index is 704. The van der Waals surface area contributed by atoms with Crippen LogP contribution in [0, 0.1) is 6.92 Å². The zero-order chi connectivity index (χ0) is 17.0. The number of amides is 1. The molecule has 2 heterocycles. The molecule has 1 aliphatic heterocycles. The highest BCUT2D eigenvalue weighted by atomic mass is 16.1. The van der Waals surface area contributed by atoms with E-state index < -0.39 is 5.54 Å². The van der Waals surface area contributed by atoms with Crippen LogP contribution in [-0.4, -0.2) is 32.9 Å². The first kappa shape index (κ1) is 16.6. The maximum absolute atomic E-state index is 12.2. The lowest BCUT2D eigenvalue weighted by Gasteiger charge is -2.51. The molecule has 0 bridgehead atoms. The number of likely N-dealkylation sites (tertiary alicyclic amines) is 1. The van der Waals surface area contributed by atoms with E-state index in [4.69, 9.17) is 5.73 Å². The van der Waals surface area contributed by atoms with Gasteiger partial charge in [0.05, 0.1) is 5.69 Å². The van der Waals surface area contributed by atoms with Crippen LogP contribution in [0.2, 0.25) is 0 Å². The van der Waals surface area contributed by atoms with Crippen molar-refractivity contribution in [1.29, 1.82) is 0 Å². The van der Waals surface area contributed by atoms with Crippen LogP contribution in [0.15, 0.2) is 42.9 Å². The first-order chi connectivity index (χ1) is 11.6. The summed E-state index contributed by atoms with van der Waals surface area (Å²) in [5.74, 6) is -0.207. The lowest BCUT2D eigenvalue weighted by Crippen LogP contribution is -2.66. The molecule has 0 saturated carbocycles. The minimum Gasteiger partial charge on any atom is -0.368 e. The predicted octanol–water partition coefficient (Wildman–Crippen LogP) is 2.24. The zero-order valence-corrected chi connectivity index (χ0v) is 14.1. The van der Waals surface area contributed by atoms with Crippen LogP contribution in [0.1, 0.15) is 36.1 Å². The average Bonchev–Trinajstić information content (AvgIpc) is 2.57. The van der Waals surface area contributed by atoms with E-state index in [1.165, 1.54) is 11.1 Å². The van der Waals surface area contributed by atoms with Gasteiger partial charge in [0.25, 0.3) is 0 Å². The summed E-state index contributed by atoms with van der Waals surface area (Å²) in [6.45, 7) is 3.80. The summed E-state index contributed by atoms with van der Waals surface area (Å²) >= 11 is 0. The number of benzene rings is 1. The van der Waals surface area contributed by atoms with Crippen LogP contribution in [0.4, 0.5) is 0 Å². The first-order valence-corrected chi connectivity index (χ1v) is 8.46. The molecule has 0 unspecified atom stereocenters. The number of hydrogen-bond acceptors (Lipinski definition) is 4. The molecular formula is C19H24N4O. The summed E-state index contributed by atoms with van der Waals surface area (Å²) in [5.41, 5.74) is 8.75. The minimum atomic E-state index is -0.509. The molecular weight excluding hydrogens is 300 g/mol. The number of rotatable bonds is 7. The fourth-order valence-electron chi connectivity index (χ4n) is 3.47. The molecule has 1 saturated heterocycles. The Balaban J connectivity index is 1.65. The van der Waals surface area contributed by atoms with Gasteiger partial charge in [-0.05, 0) is 43.7 Å². The summed E-state index contributed by atoms with van der Waals surface area (Å²) in [5, 5.41) is 0. The Kier molecular flexibility index (Phi) is 4.90. The van der Waals surface area contributed by atoms with Gasteiger partial charge in [0.15, 0.2) is 0 Å². The highest BCUT2D eigenvalue weighted by Crippen LogP contribution is 2.37. The molecule has 0 aliphatic carbocycles. The van der Waals surface area contributed by atoms with Gasteiger partial charge < -0.3 is 5.73 Å². The molecule has 1 aliphatic rings. The molecule has 0 spiro atoms. The highest BCUT2D eigenvalue weighted by Gasteiger charge is 2.48. The smallest absolute Gasteiger partial charge is 0.238 e. The number of carbonyl (C=O) groups excluding carboxylic acids is 1. The van der Waals surface area contributed by atoms with Crippen molar-refractivity contribution in [2.45, 2.75) is 44.7 Å². The number of nitrogens with zero attached hydrogens (tertiary/aromatic N) is 3. The van der Waals surface area contributed by atoms with E-state index in [9.17, 15) is 4.79 Å². The van der Waals surface area contributed by atoms with Crippen molar-refractivity contribution in [3.05, 3.63) is 59.7 Å². The van der Waals surface area contributed by atoms with E-state index in [2.05, 4.69) is 33.9 Å². The van der Waals surface area contributed by atoms with Crippen molar-refractivity contribution in [2.75, 3.05) is 6.54 Å². The van der Waals surface area contributed by atoms with Gasteiger partial charge in [-0.2, -0.15) is 0 Å².